The Morgan fingerprint density at radius 2 is 1.83 bits per heavy atom. The molecule has 0 bridgehead atoms. The Hall–Kier alpha value is -2.62. The Kier molecular flexibility index (Phi) is 6.11. The van der Waals surface area contributed by atoms with Crippen molar-refractivity contribution in [2.75, 3.05) is 10.0 Å². The maximum atomic E-state index is 13.4. The zero-order chi connectivity index (χ0) is 21.2. The monoisotopic (exact) mass is 498 g/mol. The molecule has 0 spiro atoms. The summed E-state index contributed by atoms with van der Waals surface area (Å²) >= 11 is 9.00. The second kappa shape index (κ2) is 8.40. The van der Waals surface area contributed by atoms with Gasteiger partial charge in [0.15, 0.2) is 0 Å². The maximum Gasteiger partial charge on any atom is 0.261 e. The van der Waals surface area contributed by atoms with Gasteiger partial charge in [0.2, 0.25) is 0 Å². The second-order valence-electron chi connectivity index (χ2n) is 5.87. The van der Waals surface area contributed by atoms with Crippen LogP contribution in [0.5, 0.6) is 5.75 Å². The van der Waals surface area contributed by atoms with E-state index in [0.29, 0.717) is 9.50 Å². The van der Waals surface area contributed by atoms with Gasteiger partial charge < -0.3 is 10.4 Å². The van der Waals surface area contributed by atoms with E-state index in [-0.39, 0.29) is 27.6 Å². The number of nitrogens with one attached hydrogen (secondary N) is 2. The lowest BCUT2D eigenvalue weighted by molar-refractivity contribution is 0.102. The van der Waals surface area contributed by atoms with Crippen LogP contribution in [0.15, 0.2) is 70.0 Å². The van der Waals surface area contributed by atoms with Gasteiger partial charge in [0.1, 0.15) is 11.6 Å². The zero-order valence-corrected chi connectivity index (χ0v) is 17.6. The SMILES string of the molecule is O=C(Nc1cc(S(=O)(=O)Nc2cccc(Cl)c2)ccc1O)c1cc(F)ccc1Br. The number of aromatic hydroxyl groups is 1. The van der Waals surface area contributed by atoms with Crippen molar-refractivity contribution in [2.45, 2.75) is 4.90 Å². The maximum absolute atomic E-state index is 13.4. The van der Waals surface area contributed by atoms with Crippen LogP contribution in [0.3, 0.4) is 0 Å². The molecule has 1 amide bonds. The van der Waals surface area contributed by atoms with E-state index in [4.69, 9.17) is 11.6 Å². The number of benzene rings is 3. The number of rotatable bonds is 5. The van der Waals surface area contributed by atoms with Crippen LogP contribution in [0.4, 0.5) is 15.8 Å². The first kappa shape index (κ1) is 21.1. The molecule has 0 aliphatic rings. The molecule has 6 nitrogen and oxygen atoms in total. The topological polar surface area (TPSA) is 95.5 Å². The number of sulfonamides is 1. The first-order valence-electron chi connectivity index (χ1n) is 8.03. The summed E-state index contributed by atoms with van der Waals surface area (Å²) in [5, 5.41) is 12.7. The van der Waals surface area contributed by atoms with Gasteiger partial charge in [-0.1, -0.05) is 17.7 Å². The van der Waals surface area contributed by atoms with E-state index in [1.54, 1.807) is 12.1 Å². The van der Waals surface area contributed by atoms with Crippen molar-refractivity contribution in [2.24, 2.45) is 0 Å². The normalized spacial score (nSPS) is 11.1. The largest absolute Gasteiger partial charge is 0.506 e. The molecule has 0 aliphatic carbocycles. The van der Waals surface area contributed by atoms with Gasteiger partial charge >= 0.3 is 0 Å². The van der Waals surface area contributed by atoms with E-state index in [2.05, 4.69) is 26.0 Å². The molecule has 10 heteroatoms. The quantitative estimate of drug-likeness (QED) is 0.431. The predicted molar refractivity (Wildman–Crippen MR) is 112 cm³/mol. The van der Waals surface area contributed by atoms with Crippen molar-refractivity contribution in [3.05, 3.63) is 81.5 Å². The zero-order valence-electron chi connectivity index (χ0n) is 14.5. The van der Waals surface area contributed by atoms with Crippen LogP contribution in [0.2, 0.25) is 5.02 Å². The van der Waals surface area contributed by atoms with E-state index in [1.807, 2.05) is 0 Å². The number of halogens is 3. The minimum atomic E-state index is -4.02. The Balaban J connectivity index is 1.89. The summed E-state index contributed by atoms with van der Waals surface area (Å²) in [6, 6.07) is 13.1. The number of amides is 1. The van der Waals surface area contributed by atoms with Gasteiger partial charge in [0, 0.05) is 9.50 Å². The van der Waals surface area contributed by atoms with Crippen molar-refractivity contribution < 1.29 is 22.7 Å². The fourth-order valence-electron chi connectivity index (χ4n) is 2.41. The lowest BCUT2D eigenvalue weighted by Gasteiger charge is -2.12. The van der Waals surface area contributed by atoms with Crippen molar-refractivity contribution in [1.29, 1.82) is 0 Å². The molecular formula is C19H13BrClFN2O4S. The van der Waals surface area contributed by atoms with Crippen LogP contribution in [-0.4, -0.2) is 19.4 Å². The van der Waals surface area contributed by atoms with Crippen LogP contribution in [-0.2, 0) is 10.0 Å². The first-order valence-corrected chi connectivity index (χ1v) is 10.7. The molecule has 0 unspecified atom stereocenters. The predicted octanol–water partition coefficient (Wildman–Crippen LogP) is 5.00. The highest BCUT2D eigenvalue weighted by Gasteiger charge is 2.19. The highest BCUT2D eigenvalue weighted by molar-refractivity contribution is 9.10. The Bertz CT molecular complexity index is 1200. The number of phenolic OH excluding ortho intramolecular Hbond substituents is 1. The highest BCUT2D eigenvalue weighted by atomic mass is 79.9. The standard InChI is InChI=1S/C19H13BrClFN2O4S/c20-16-6-4-12(22)9-15(16)19(26)23-17-10-14(5-7-18(17)25)29(27,28)24-13-3-1-2-11(21)8-13/h1-10,24-25H,(H,23,26). The molecule has 3 aromatic carbocycles. The summed E-state index contributed by atoms with van der Waals surface area (Å²) in [6.45, 7) is 0. The van der Waals surface area contributed by atoms with Crippen LogP contribution in [0.1, 0.15) is 10.4 Å². The fourth-order valence-corrected chi connectivity index (χ4v) is 4.10. The van der Waals surface area contributed by atoms with Crippen molar-refractivity contribution in [1.82, 2.24) is 0 Å². The van der Waals surface area contributed by atoms with E-state index in [9.17, 15) is 22.7 Å². The van der Waals surface area contributed by atoms with Crippen LogP contribution < -0.4 is 10.0 Å². The molecular weight excluding hydrogens is 487 g/mol. The van der Waals surface area contributed by atoms with Crippen LogP contribution in [0.25, 0.3) is 0 Å². The summed E-state index contributed by atoms with van der Waals surface area (Å²) in [5.74, 6) is -1.71. The van der Waals surface area contributed by atoms with Crippen molar-refractivity contribution >= 4 is 54.8 Å². The molecule has 0 aliphatic heterocycles. The number of hydrogen-bond acceptors (Lipinski definition) is 4. The van der Waals surface area contributed by atoms with Crippen LogP contribution >= 0.6 is 27.5 Å². The van der Waals surface area contributed by atoms with E-state index < -0.39 is 21.7 Å². The molecule has 0 radical (unpaired) electrons. The number of hydrogen-bond donors (Lipinski definition) is 3. The number of anilines is 2. The average molecular weight is 500 g/mol. The molecule has 150 valence electrons. The molecule has 0 aromatic heterocycles. The fraction of sp³-hybridized carbons (Fsp3) is 0. The lowest BCUT2D eigenvalue weighted by atomic mass is 10.2. The molecule has 0 saturated heterocycles. The van der Waals surface area contributed by atoms with Crippen molar-refractivity contribution in [3.8, 4) is 5.75 Å². The smallest absolute Gasteiger partial charge is 0.261 e. The Morgan fingerprint density at radius 1 is 1.07 bits per heavy atom. The Morgan fingerprint density at radius 3 is 2.55 bits per heavy atom. The summed E-state index contributed by atoms with van der Waals surface area (Å²) in [7, 11) is -4.02. The molecule has 0 atom stereocenters. The number of carbonyl (C=O) groups excluding carboxylic acids is 1. The minimum Gasteiger partial charge on any atom is -0.506 e. The Labute approximate surface area is 179 Å². The molecule has 29 heavy (non-hydrogen) atoms. The third-order valence-electron chi connectivity index (χ3n) is 3.78. The summed E-state index contributed by atoms with van der Waals surface area (Å²) < 4.78 is 41.4. The summed E-state index contributed by atoms with van der Waals surface area (Å²) in [6.07, 6.45) is 0. The molecule has 3 N–H and O–H groups in total. The number of phenols is 1. The molecule has 0 fully saturated rings. The van der Waals surface area contributed by atoms with Gasteiger partial charge in [-0.2, -0.15) is 0 Å². The van der Waals surface area contributed by atoms with E-state index >= 15 is 0 Å². The molecule has 0 saturated carbocycles. The van der Waals surface area contributed by atoms with Gasteiger partial charge in [0.25, 0.3) is 15.9 Å². The van der Waals surface area contributed by atoms with Gasteiger partial charge in [-0.3, -0.25) is 9.52 Å². The van der Waals surface area contributed by atoms with Crippen LogP contribution in [0, 0.1) is 5.82 Å². The van der Waals surface area contributed by atoms with Gasteiger partial charge in [-0.05, 0) is 70.5 Å². The number of carbonyl (C=O) groups is 1. The minimum absolute atomic E-state index is 0.0188. The molecule has 0 heterocycles. The van der Waals surface area contributed by atoms with Gasteiger partial charge in [-0.15, -0.1) is 0 Å². The highest BCUT2D eigenvalue weighted by Crippen LogP contribution is 2.29. The average Bonchev–Trinajstić information content (AvgIpc) is 2.65. The van der Waals surface area contributed by atoms with Gasteiger partial charge in [0.05, 0.1) is 21.8 Å². The summed E-state index contributed by atoms with van der Waals surface area (Å²) in [4.78, 5) is 12.2. The third-order valence-corrected chi connectivity index (χ3v) is 6.08. The van der Waals surface area contributed by atoms with Crippen molar-refractivity contribution in [3.63, 3.8) is 0 Å². The summed E-state index contributed by atoms with van der Waals surface area (Å²) in [5.41, 5.74) is 0.0784. The molecule has 3 rings (SSSR count). The van der Waals surface area contributed by atoms with Gasteiger partial charge in [-0.25, -0.2) is 12.8 Å². The van der Waals surface area contributed by atoms with E-state index in [1.165, 1.54) is 30.3 Å². The first-order chi connectivity index (χ1) is 13.7. The second-order valence-corrected chi connectivity index (χ2v) is 8.85. The molecule has 3 aromatic rings. The third kappa shape index (κ3) is 5.06. The van der Waals surface area contributed by atoms with E-state index in [0.717, 1.165) is 18.2 Å². The lowest BCUT2D eigenvalue weighted by Crippen LogP contribution is -2.15.